The third-order valence-electron chi connectivity index (χ3n) is 5.51. The number of carbonyl (C=O) groups is 1. The molecule has 0 amide bonds. The average molecular weight is 387 g/mol. The predicted molar refractivity (Wildman–Crippen MR) is 98.7 cm³/mol. The number of hydrogen-bond acceptors (Lipinski definition) is 5. The van der Waals surface area contributed by atoms with Crippen molar-refractivity contribution < 1.29 is 18.7 Å². The Bertz CT molecular complexity index is 1050. The molecule has 0 spiro atoms. The summed E-state index contributed by atoms with van der Waals surface area (Å²) in [4.78, 5) is 26.4. The van der Waals surface area contributed by atoms with Crippen LogP contribution in [0.4, 0.5) is 14.6 Å². The molecule has 4 rings (SSSR count). The zero-order chi connectivity index (χ0) is 19.9. The van der Waals surface area contributed by atoms with E-state index in [0.29, 0.717) is 16.6 Å². The Morgan fingerprint density at radius 2 is 2.14 bits per heavy atom. The van der Waals surface area contributed by atoms with Crippen molar-refractivity contribution in [2.45, 2.75) is 38.6 Å². The Morgan fingerprint density at radius 1 is 1.36 bits per heavy atom. The summed E-state index contributed by atoms with van der Waals surface area (Å²) in [6.45, 7) is 1.99. The second-order valence-corrected chi connectivity index (χ2v) is 7.44. The standard InChI is InChI=1S/C19H19F2N5O2/c1-19(3-2-4-19)14(6-15(27)28)25-18-13(21)9-24-17(26-18)12-8-23-16-11(12)5-10(20)7-22-16/h5,7-9,14H,2-4,6H2,1H3,(H,22,23)(H,27,28)(H,24,25,26)/t14-/m0/s1. The van der Waals surface area contributed by atoms with Crippen molar-refractivity contribution in [3.63, 3.8) is 0 Å². The number of nitrogens with zero attached hydrogens (tertiary/aromatic N) is 3. The van der Waals surface area contributed by atoms with Gasteiger partial charge in [0, 0.05) is 23.2 Å². The van der Waals surface area contributed by atoms with Gasteiger partial charge in [0.1, 0.15) is 11.5 Å². The van der Waals surface area contributed by atoms with Crippen LogP contribution in [0.25, 0.3) is 22.4 Å². The van der Waals surface area contributed by atoms with E-state index in [1.807, 2.05) is 6.92 Å². The summed E-state index contributed by atoms with van der Waals surface area (Å²) in [7, 11) is 0. The monoisotopic (exact) mass is 387 g/mol. The second kappa shape index (κ2) is 6.81. The van der Waals surface area contributed by atoms with Crippen molar-refractivity contribution >= 4 is 22.8 Å². The fraction of sp³-hybridized carbons (Fsp3) is 0.368. The number of carboxylic acids is 1. The second-order valence-electron chi connectivity index (χ2n) is 7.44. The van der Waals surface area contributed by atoms with Crippen LogP contribution < -0.4 is 5.32 Å². The van der Waals surface area contributed by atoms with Crippen LogP contribution in [0.5, 0.6) is 0 Å². The number of carboxylic acid groups (broad SMARTS) is 1. The highest BCUT2D eigenvalue weighted by atomic mass is 19.1. The van der Waals surface area contributed by atoms with Crippen molar-refractivity contribution in [1.29, 1.82) is 0 Å². The van der Waals surface area contributed by atoms with Crippen LogP contribution in [-0.4, -0.2) is 37.1 Å². The SMILES string of the molecule is CC1([C@H](CC(=O)O)Nc2nc(-c3c[nH]c4ncc(F)cc34)ncc2F)CCC1. The van der Waals surface area contributed by atoms with Gasteiger partial charge in [-0.1, -0.05) is 13.3 Å². The van der Waals surface area contributed by atoms with Gasteiger partial charge in [-0.05, 0) is 24.3 Å². The van der Waals surface area contributed by atoms with E-state index in [0.717, 1.165) is 31.7 Å². The number of aliphatic carboxylic acids is 1. The molecule has 146 valence electrons. The molecule has 3 aromatic rings. The topological polar surface area (TPSA) is 104 Å². The Kier molecular flexibility index (Phi) is 4.44. The van der Waals surface area contributed by atoms with E-state index in [-0.39, 0.29) is 23.5 Å². The van der Waals surface area contributed by atoms with Gasteiger partial charge in [0.05, 0.1) is 18.8 Å². The summed E-state index contributed by atoms with van der Waals surface area (Å²) in [6, 6.07) is 0.842. The van der Waals surface area contributed by atoms with Gasteiger partial charge in [-0.3, -0.25) is 4.79 Å². The average Bonchev–Trinajstić information content (AvgIpc) is 3.03. The molecule has 7 nitrogen and oxygen atoms in total. The lowest BCUT2D eigenvalue weighted by Crippen LogP contribution is -2.45. The van der Waals surface area contributed by atoms with E-state index in [9.17, 15) is 18.7 Å². The smallest absolute Gasteiger partial charge is 0.305 e. The first-order valence-corrected chi connectivity index (χ1v) is 8.99. The number of hydrogen-bond donors (Lipinski definition) is 3. The molecular weight excluding hydrogens is 368 g/mol. The van der Waals surface area contributed by atoms with E-state index in [2.05, 4.69) is 25.3 Å². The van der Waals surface area contributed by atoms with Crippen molar-refractivity contribution in [2.24, 2.45) is 5.41 Å². The van der Waals surface area contributed by atoms with Crippen LogP contribution in [-0.2, 0) is 4.79 Å². The summed E-state index contributed by atoms with van der Waals surface area (Å²) in [5.74, 6) is -2.02. The molecule has 0 unspecified atom stereocenters. The summed E-state index contributed by atoms with van der Waals surface area (Å²) in [5, 5.41) is 12.7. The van der Waals surface area contributed by atoms with Gasteiger partial charge >= 0.3 is 5.97 Å². The molecule has 1 aliphatic carbocycles. The van der Waals surface area contributed by atoms with E-state index in [4.69, 9.17) is 0 Å². The highest BCUT2D eigenvalue weighted by molar-refractivity contribution is 5.91. The van der Waals surface area contributed by atoms with Crippen molar-refractivity contribution in [1.82, 2.24) is 19.9 Å². The van der Waals surface area contributed by atoms with E-state index >= 15 is 0 Å². The third kappa shape index (κ3) is 3.28. The maximum Gasteiger partial charge on any atom is 0.305 e. The molecule has 0 aliphatic heterocycles. The minimum Gasteiger partial charge on any atom is -0.481 e. The van der Waals surface area contributed by atoms with Gasteiger partial charge in [-0.2, -0.15) is 0 Å². The number of fused-ring (bicyclic) bond motifs is 1. The quantitative estimate of drug-likeness (QED) is 0.595. The highest BCUT2D eigenvalue weighted by Crippen LogP contribution is 2.45. The van der Waals surface area contributed by atoms with Crippen LogP contribution in [0.1, 0.15) is 32.6 Å². The number of pyridine rings is 1. The molecule has 0 radical (unpaired) electrons. The molecule has 0 aromatic carbocycles. The van der Waals surface area contributed by atoms with Crippen LogP contribution >= 0.6 is 0 Å². The first kappa shape index (κ1) is 18.3. The Labute approximate surface area is 159 Å². The van der Waals surface area contributed by atoms with Crippen LogP contribution in [0.3, 0.4) is 0 Å². The third-order valence-corrected chi connectivity index (χ3v) is 5.51. The van der Waals surface area contributed by atoms with Gasteiger partial charge in [0.2, 0.25) is 0 Å². The van der Waals surface area contributed by atoms with E-state index < -0.39 is 23.6 Å². The lowest BCUT2D eigenvalue weighted by Gasteiger charge is -2.45. The number of halogens is 2. The van der Waals surface area contributed by atoms with Gasteiger partial charge < -0.3 is 15.4 Å². The largest absolute Gasteiger partial charge is 0.481 e. The van der Waals surface area contributed by atoms with Gasteiger partial charge in [0.15, 0.2) is 17.5 Å². The predicted octanol–water partition coefficient (Wildman–Crippen LogP) is 3.74. The maximum atomic E-state index is 14.4. The number of H-pyrrole nitrogens is 1. The van der Waals surface area contributed by atoms with Crippen LogP contribution in [0.2, 0.25) is 0 Å². The molecule has 1 atom stereocenters. The van der Waals surface area contributed by atoms with Gasteiger partial charge in [-0.15, -0.1) is 0 Å². The van der Waals surface area contributed by atoms with Gasteiger partial charge in [-0.25, -0.2) is 23.7 Å². The van der Waals surface area contributed by atoms with Crippen LogP contribution in [0, 0.1) is 17.0 Å². The van der Waals surface area contributed by atoms with Crippen LogP contribution in [0.15, 0.2) is 24.7 Å². The molecule has 1 saturated carbocycles. The molecule has 3 N–H and O–H groups in total. The zero-order valence-corrected chi connectivity index (χ0v) is 15.2. The molecule has 9 heteroatoms. The lowest BCUT2D eigenvalue weighted by atomic mass is 9.64. The summed E-state index contributed by atoms with van der Waals surface area (Å²) in [5.41, 5.74) is 0.711. The molecule has 3 heterocycles. The highest BCUT2D eigenvalue weighted by Gasteiger charge is 2.41. The normalized spacial score (nSPS) is 16.5. The maximum absolute atomic E-state index is 14.4. The Balaban J connectivity index is 1.70. The number of nitrogens with one attached hydrogen (secondary N) is 2. The molecular formula is C19H19F2N5O2. The Hall–Kier alpha value is -3.10. The molecule has 28 heavy (non-hydrogen) atoms. The summed E-state index contributed by atoms with van der Waals surface area (Å²) in [6.07, 6.45) is 6.30. The zero-order valence-electron chi connectivity index (χ0n) is 15.2. The van der Waals surface area contributed by atoms with Crippen molar-refractivity contribution in [2.75, 3.05) is 5.32 Å². The molecule has 1 fully saturated rings. The first-order valence-electron chi connectivity index (χ1n) is 8.99. The van der Waals surface area contributed by atoms with Gasteiger partial charge in [0.25, 0.3) is 0 Å². The number of aromatic amines is 1. The van der Waals surface area contributed by atoms with E-state index in [1.54, 1.807) is 6.20 Å². The number of aromatic nitrogens is 4. The molecule has 0 saturated heterocycles. The fourth-order valence-electron chi connectivity index (χ4n) is 3.66. The minimum atomic E-state index is -0.960. The molecule has 0 bridgehead atoms. The Morgan fingerprint density at radius 3 is 2.82 bits per heavy atom. The van der Waals surface area contributed by atoms with Crippen molar-refractivity contribution in [3.05, 3.63) is 36.3 Å². The summed E-state index contributed by atoms with van der Waals surface area (Å²) < 4.78 is 28.0. The fourth-order valence-corrected chi connectivity index (χ4v) is 3.66. The first-order chi connectivity index (χ1) is 13.4. The number of rotatable bonds is 6. The molecule has 3 aromatic heterocycles. The number of anilines is 1. The lowest BCUT2D eigenvalue weighted by molar-refractivity contribution is -0.138. The van der Waals surface area contributed by atoms with E-state index in [1.165, 1.54) is 6.07 Å². The van der Waals surface area contributed by atoms with Crippen molar-refractivity contribution in [3.8, 4) is 11.4 Å². The summed E-state index contributed by atoms with van der Waals surface area (Å²) >= 11 is 0. The molecule has 1 aliphatic rings. The minimum absolute atomic E-state index is 0.0666.